The zero-order valence-corrected chi connectivity index (χ0v) is 52.5. The van der Waals surface area contributed by atoms with Crippen LogP contribution < -0.4 is 0 Å². The summed E-state index contributed by atoms with van der Waals surface area (Å²) < 4.78 is 10.8. The Morgan fingerprint density at radius 3 is 0.766 bits per heavy atom. The van der Waals surface area contributed by atoms with E-state index in [1.807, 2.05) is 0 Å². The van der Waals surface area contributed by atoms with Crippen LogP contribution in [-0.4, -0.2) is 36.4 Å². The van der Waals surface area contributed by atoms with Gasteiger partial charge in [0, 0.05) is 12.8 Å². The molecule has 0 aromatic carbocycles. The minimum atomic E-state index is -0.768. The van der Waals surface area contributed by atoms with E-state index in [9.17, 15) is 14.7 Å². The standard InChI is InChI=1S/C72H138O5/c1-3-5-7-9-11-13-15-17-19-21-23-25-27-29-31-33-34-35-36-37-38-39-41-43-45-47-49-51-53-55-57-59-61-63-65-67-72(75)77-70(68-73)69-76-71(74)66-64-62-60-58-56-54-52-50-48-46-44-42-40-32-30-28-26-24-22-20-18-16-14-12-10-8-6-4-2/h15,17,21,23,70,73H,3-14,16,18-20,22,24-69H2,1-2H3/b17-15-,23-21-. The Kier molecular flexibility index (Phi) is 67.2. The van der Waals surface area contributed by atoms with Crippen molar-refractivity contribution < 1.29 is 24.2 Å². The Morgan fingerprint density at radius 2 is 0.519 bits per heavy atom. The van der Waals surface area contributed by atoms with E-state index in [-0.39, 0.29) is 25.2 Å². The van der Waals surface area contributed by atoms with Crippen LogP contribution in [0.1, 0.15) is 406 Å². The van der Waals surface area contributed by atoms with Crippen LogP contribution in [-0.2, 0) is 19.1 Å². The maximum absolute atomic E-state index is 12.4. The van der Waals surface area contributed by atoms with Crippen LogP contribution in [0, 0.1) is 0 Å². The lowest BCUT2D eigenvalue weighted by Crippen LogP contribution is -2.28. The van der Waals surface area contributed by atoms with Gasteiger partial charge in [0.2, 0.25) is 0 Å². The maximum Gasteiger partial charge on any atom is 0.306 e. The normalized spacial score (nSPS) is 12.2. The van der Waals surface area contributed by atoms with E-state index in [0.717, 1.165) is 38.5 Å². The smallest absolute Gasteiger partial charge is 0.306 e. The molecule has 0 fully saturated rings. The second-order valence-corrected chi connectivity index (χ2v) is 24.3. The van der Waals surface area contributed by atoms with E-state index in [1.165, 1.54) is 340 Å². The Bertz CT molecular complexity index is 1180. The number of esters is 2. The lowest BCUT2D eigenvalue weighted by atomic mass is 10.0. The lowest BCUT2D eigenvalue weighted by Gasteiger charge is -2.15. The van der Waals surface area contributed by atoms with Gasteiger partial charge in [0.1, 0.15) is 6.61 Å². The molecule has 77 heavy (non-hydrogen) atoms. The van der Waals surface area contributed by atoms with Crippen LogP contribution in [0.15, 0.2) is 24.3 Å². The quantitative estimate of drug-likeness (QED) is 0.0373. The average molecular weight is 1080 g/mol. The molecule has 0 saturated carbocycles. The minimum Gasteiger partial charge on any atom is -0.462 e. The summed E-state index contributed by atoms with van der Waals surface area (Å²) in [6, 6.07) is 0. The summed E-state index contributed by atoms with van der Waals surface area (Å²) in [6.45, 7) is 4.20. The highest BCUT2D eigenvalue weighted by Crippen LogP contribution is 2.19. The Labute approximate surface area is 483 Å². The number of ether oxygens (including phenoxy) is 2. The summed E-state index contributed by atoms with van der Waals surface area (Å²) in [5.41, 5.74) is 0. The minimum absolute atomic E-state index is 0.0572. The molecular formula is C72H138O5. The highest BCUT2D eigenvalue weighted by atomic mass is 16.6. The van der Waals surface area contributed by atoms with Crippen molar-refractivity contribution in [3.05, 3.63) is 24.3 Å². The zero-order chi connectivity index (χ0) is 55.5. The Morgan fingerprint density at radius 1 is 0.299 bits per heavy atom. The van der Waals surface area contributed by atoms with Crippen molar-refractivity contribution in [2.75, 3.05) is 13.2 Å². The second-order valence-electron chi connectivity index (χ2n) is 24.3. The molecule has 5 nitrogen and oxygen atoms in total. The monoisotopic (exact) mass is 1080 g/mol. The number of unbranched alkanes of at least 4 members (excludes halogenated alkanes) is 55. The number of aliphatic hydroxyl groups is 1. The molecule has 0 rings (SSSR count). The number of carbonyl (C=O) groups is 2. The molecule has 0 aliphatic rings. The molecule has 0 aliphatic heterocycles. The van der Waals surface area contributed by atoms with Crippen LogP contribution in [0.25, 0.3) is 0 Å². The van der Waals surface area contributed by atoms with Gasteiger partial charge in [-0.05, 0) is 44.9 Å². The molecule has 0 amide bonds. The third-order valence-electron chi connectivity index (χ3n) is 16.5. The summed E-state index contributed by atoms with van der Waals surface area (Å²) >= 11 is 0. The van der Waals surface area contributed by atoms with E-state index in [1.54, 1.807) is 0 Å². The molecular weight excluding hydrogens is 945 g/mol. The van der Waals surface area contributed by atoms with Gasteiger partial charge < -0.3 is 14.6 Å². The first-order valence-electron chi connectivity index (χ1n) is 35.4. The number of rotatable bonds is 67. The van der Waals surface area contributed by atoms with Crippen LogP contribution >= 0.6 is 0 Å². The fourth-order valence-electron chi connectivity index (χ4n) is 11.2. The molecule has 0 saturated heterocycles. The fraction of sp³-hybridized carbons (Fsp3) is 0.917. The topological polar surface area (TPSA) is 72.8 Å². The van der Waals surface area contributed by atoms with Gasteiger partial charge in [-0.2, -0.15) is 0 Å². The third kappa shape index (κ3) is 66.8. The van der Waals surface area contributed by atoms with Gasteiger partial charge >= 0.3 is 11.9 Å². The van der Waals surface area contributed by atoms with Crippen LogP contribution in [0.2, 0.25) is 0 Å². The van der Waals surface area contributed by atoms with E-state index in [2.05, 4.69) is 38.2 Å². The molecule has 0 bridgehead atoms. The molecule has 1 atom stereocenters. The van der Waals surface area contributed by atoms with Crippen molar-refractivity contribution in [1.82, 2.24) is 0 Å². The molecule has 0 aliphatic carbocycles. The number of allylic oxidation sites excluding steroid dienone is 4. The number of hydrogen-bond acceptors (Lipinski definition) is 5. The van der Waals surface area contributed by atoms with Crippen molar-refractivity contribution in [2.24, 2.45) is 0 Å². The van der Waals surface area contributed by atoms with Gasteiger partial charge in [0.25, 0.3) is 0 Å². The summed E-state index contributed by atoms with van der Waals surface area (Å²) in [4.78, 5) is 24.6. The fourth-order valence-corrected chi connectivity index (χ4v) is 11.2. The van der Waals surface area contributed by atoms with Crippen molar-refractivity contribution in [2.45, 2.75) is 412 Å². The molecule has 0 spiro atoms. The van der Waals surface area contributed by atoms with E-state index in [4.69, 9.17) is 9.47 Å². The zero-order valence-electron chi connectivity index (χ0n) is 52.5. The van der Waals surface area contributed by atoms with Gasteiger partial charge in [-0.3, -0.25) is 9.59 Å². The Balaban J connectivity index is 3.37. The molecule has 0 aromatic rings. The third-order valence-corrected chi connectivity index (χ3v) is 16.5. The summed E-state index contributed by atoms with van der Waals surface area (Å²) in [5, 5.41) is 9.70. The molecule has 456 valence electrons. The molecule has 1 N–H and O–H groups in total. The Hall–Kier alpha value is -1.62. The van der Waals surface area contributed by atoms with Gasteiger partial charge in [-0.25, -0.2) is 0 Å². The highest BCUT2D eigenvalue weighted by molar-refractivity contribution is 5.70. The van der Waals surface area contributed by atoms with Crippen molar-refractivity contribution in [3.63, 3.8) is 0 Å². The predicted molar refractivity (Wildman–Crippen MR) is 339 cm³/mol. The van der Waals surface area contributed by atoms with Crippen LogP contribution in [0.5, 0.6) is 0 Å². The first-order valence-corrected chi connectivity index (χ1v) is 35.4. The molecule has 0 heterocycles. The summed E-state index contributed by atoms with van der Waals surface area (Å²) in [5.74, 6) is -0.562. The largest absolute Gasteiger partial charge is 0.462 e. The van der Waals surface area contributed by atoms with Gasteiger partial charge in [-0.1, -0.05) is 372 Å². The van der Waals surface area contributed by atoms with Crippen LogP contribution in [0.4, 0.5) is 0 Å². The first-order chi connectivity index (χ1) is 38.1. The average Bonchev–Trinajstić information content (AvgIpc) is 3.43. The van der Waals surface area contributed by atoms with Crippen molar-refractivity contribution in [1.29, 1.82) is 0 Å². The SMILES string of the molecule is CCCCCCC/C=C\C/C=C\CCCCCCCCCCCCCCCCCCCCCCCCCC(=O)OC(CO)COC(=O)CCCCCCCCCCCCCCCCCCCCCCCCCCCCCC. The predicted octanol–water partition coefficient (Wildman–Crippen LogP) is 24.4. The number of aliphatic hydroxyl groups excluding tert-OH is 1. The van der Waals surface area contributed by atoms with Gasteiger partial charge in [-0.15, -0.1) is 0 Å². The molecule has 0 radical (unpaired) electrons. The van der Waals surface area contributed by atoms with Crippen molar-refractivity contribution in [3.8, 4) is 0 Å². The van der Waals surface area contributed by atoms with E-state index >= 15 is 0 Å². The summed E-state index contributed by atoms with van der Waals surface area (Å²) in [7, 11) is 0. The second kappa shape index (κ2) is 68.7. The van der Waals surface area contributed by atoms with Gasteiger partial charge in [0.05, 0.1) is 6.61 Å². The van der Waals surface area contributed by atoms with Gasteiger partial charge in [0.15, 0.2) is 6.10 Å². The summed E-state index contributed by atoms with van der Waals surface area (Å²) in [6.07, 6.45) is 89.4. The van der Waals surface area contributed by atoms with Crippen LogP contribution in [0.3, 0.4) is 0 Å². The molecule has 1 unspecified atom stereocenters. The lowest BCUT2D eigenvalue weighted by molar-refractivity contribution is -0.161. The highest BCUT2D eigenvalue weighted by Gasteiger charge is 2.16. The number of hydrogen-bond donors (Lipinski definition) is 1. The van der Waals surface area contributed by atoms with Crippen molar-refractivity contribution >= 4 is 11.9 Å². The maximum atomic E-state index is 12.4. The molecule has 0 aromatic heterocycles. The number of carbonyl (C=O) groups excluding carboxylic acids is 2. The van der Waals surface area contributed by atoms with E-state index < -0.39 is 6.10 Å². The van der Waals surface area contributed by atoms with E-state index in [0.29, 0.717) is 12.8 Å². The first kappa shape index (κ1) is 75.4. The molecule has 5 heteroatoms.